The number of pyridine rings is 1. The molecule has 2 N–H and O–H groups in total. The molecule has 0 aliphatic rings. The van der Waals surface area contributed by atoms with E-state index in [1.165, 1.54) is 36.5 Å². The molecular formula is C11H8Cl2N2O3S. The molecule has 19 heavy (non-hydrogen) atoms. The Labute approximate surface area is 119 Å². The SMILES string of the molecule is O=S(=O)(Nc1ncccc1O)c1ccc(Cl)c(Cl)c1. The van der Waals surface area contributed by atoms with Gasteiger partial charge in [0.05, 0.1) is 14.9 Å². The Kier molecular flexibility index (Phi) is 3.84. The average molecular weight is 319 g/mol. The van der Waals surface area contributed by atoms with E-state index in [0.29, 0.717) is 0 Å². The summed E-state index contributed by atoms with van der Waals surface area (Å²) in [6.45, 7) is 0. The Balaban J connectivity index is 2.38. The van der Waals surface area contributed by atoms with Gasteiger partial charge in [-0.25, -0.2) is 13.4 Å². The Morgan fingerprint density at radius 2 is 1.89 bits per heavy atom. The summed E-state index contributed by atoms with van der Waals surface area (Å²) in [4.78, 5) is 3.65. The molecule has 0 radical (unpaired) electrons. The number of nitrogens with one attached hydrogen (secondary N) is 1. The minimum absolute atomic E-state index is 0.0769. The smallest absolute Gasteiger partial charge is 0.263 e. The Bertz CT molecular complexity index is 720. The van der Waals surface area contributed by atoms with Crippen molar-refractivity contribution in [3.8, 4) is 5.75 Å². The van der Waals surface area contributed by atoms with E-state index >= 15 is 0 Å². The number of hydrogen-bond donors (Lipinski definition) is 2. The maximum Gasteiger partial charge on any atom is 0.263 e. The minimum Gasteiger partial charge on any atom is -0.504 e. The van der Waals surface area contributed by atoms with Crippen LogP contribution in [0, 0.1) is 0 Å². The molecule has 0 saturated carbocycles. The highest BCUT2D eigenvalue weighted by Gasteiger charge is 2.17. The summed E-state index contributed by atoms with van der Waals surface area (Å²) in [5.41, 5.74) is 0. The number of anilines is 1. The fraction of sp³-hybridized carbons (Fsp3) is 0. The summed E-state index contributed by atoms with van der Waals surface area (Å²) in [5.74, 6) is -0.431. The van der Waals surface area contributed by atoms with Crippen molar-refractivity contribution in [2.75, 3.05) is 4.72 Å². The highest BCUT2D eigenvalue weighted by molar-refractivity contribution is 7.92. The van der Waals surface area contributed by atoms with E-state index in [4.69, 9.17) is 23.2 Å². The topological polar surface area (TPSA) is 79.3 Å². The van der Waals surface area contributed by atoms with Gasteiger partial charge in [-0.05, 0) is 30.3 Å². The number of sulfonamides is 1. The fourth-order valence-electron chi connectivity index (χ4n) is 1.31. The molecule has 5 nitrogen and oxygen atoms in total. The molecule has 1 aromatic heterocycles. The van der Waals surface area contributed by atoms with Gasteiger partial charge in [0.1, 0.15) is 0 Å². The van der Waals surface area contributed by atoms with Crippen molar-refractivity contribution in [3.63, 3.8) is 0 Å². The number of aromatic hydroxyl groups is 1. The van der Waals surface area contributed by atoms with Gasteiger partial charge in [0.25, 0.3) is 10.0 Å². The van der Waals surface area contributed by atoms with Gasteiger partial charge < -0.3 is 5.11 Å². The van der Waals surface area contributed by atoms with Crippen LogP contribution in [0.5, 0.6) is 5.75 Å². The number of aromatic nitrogens is 1. The molecule has 0 amide bonds. The lowest BCUT2D eigenvalue weighted by atomic mass is 10.4. The number of nitrogens with zero attached hydrogens (tertiary/aromatic N) is 1. The van der Waals surface area contributed by atoms with E-state index in [-0.39, 0.29) is 26.5 Å². The molecule has 0 aliphatic heterocycles. The van der Waals surface area contributed by atoms with Gasteiger partial charge in [-0.2, -0.15) is 0 Å². The Morgan fingerprint density at radius 1 is 1.16 bits per heavy atom. The Morgan fingerprint density at radius 3 is 2.53 bits per heavy atom. The predicted molar refractivity (Wildman–Crippen MR) is 73.2 cm³/mol. The molecule has 100 valence electrons. The predicted octanol–water partition coefficient (Wildman–Crippen LogP) is 2.89. The highest BCUT2D eigenvalue weighted by atomic mass is 35.5. The number of hydrogen-bond acceptors (Lipinski definition) is 4. The zero-order chi connectivity index (χ0) is 14.0. The standard InChI is InChI=1S/C11H8Cl2N2O3S/c12-8-4-3-7(6-9(8)13)19(17,18)15-11-10(16)2-1-5-14-11/h1-6,16H,(H,14,15). The third-order valence-corrected chi connectivity index (χ3v) is 4.29. The van der Waals surface area contributed by atoms with Crippen LogP contribution in [-0.4, -0.2) is 18.5 Å². The molecular weight excluding hydrogens is 311 g/mol. The van der Waals surface area contributed by atoms with Crippen molar-refractivity contribution in [1.29, 1.82) is 0 Å². The number of halogens is 2. The Hall–Kier alpha value is -1.50. The molecule has 0 atom stereocenters. The molecule has 1 aromatic carbocycles. The maximum absolute atomic E-state index is 12.1. The summed E-state index contributed by atoms with van der Waals surface area (Å²) in [6, 6.07) is 6.69. The first-order valence-corrected chi connectivity index (χ1v) is 7.26. The van der Waals surface area contributed by atoms with Crippen LogP contribution < -0.4 is 4.72 Å². The molecule has 2 aromatic rings. The minimum atomic E-state index is -3.89. The van der Waals surface area contributed by atoms with Crippen LogP contribution in [0.1, 0.15) is 0 Å². The second-order valence-electron chi connectivity index (χ2n) is 3.55. The molecule has 8 heteroatoms. The van der Waals surface area contributed by atoms with Crippen LogP contribution in [0.2, 0.25) is 10.0 Å². The maximum atomic E-state index is 12.1. The average Bonchev–Trinajstić information content (AvgIpc) is 2.35. The number of rotatable bonds is 3. The summed E-state index contributed by atoms with van der Waals surface area (Å²) in [7, 11) is -3.89. The second kappa shape index (κ2) is 5.24. The van der Waals surface area contributed by atoms with Crippen LogP contribution in [0.15, 0.2) is 41.4 Å². The summed E-state index contributed by atoms with van der Waals surface area (Å²) in [5, 5.41) is 9.85. The zero-order valence-electron chi connectivity index (χ0n) is 9.34. The molecule has 0 fully saturated rings. The molecule has 2 rings (SSSR count). The van der Waals surface area contributed by atoms with Crippen LogP contribution in [0.4, 0.5) is 5.82 Å². The van der Waals surface area contributed by atoms with Gasteiger partial charge in [0.15, 0.2) is 11.6 Å². The van der Waals surface area contributed by atoms with Crippen LogP contribution >= 0.6 is 23.2 Å². The summed E-state index contributed by atoms with van der Waals surface area (Å²) < 4.78 is 26.3. The van der Waals surface area contributed by atoms with Gasteiger partial charge >= 0.3 is 0 Å². The highest BCUT2D eigenvalue weighted by Crippen LogP contribution is 2.27. The van der Waals surface area contributed by atoms with Crippen LogP contribution in [0.3, 0.4) is 0 Å². The second-order valence-corrected chi connectivity index (χ2v) is 6.05. The zero-order valence-corrected chi connectivity index (χ0v) is 11.7. The van der Waals surface area contributed by atoms with E-state index < -0.39 is 10.0 Å². The summed E-state index contributed by atoms with van der Waals surface area (Å²) in [6.07, 6.45) is 1.35. The van der Waals surface area contributed by atoms with Gasteiger partial charge in [-0.1, -0.05) is 23.2 Å². The van der Waals surface area contributed by atoms with E-state index in [2.05, 4.69) is 9.71 Å². The monoisotopic (exact) mass is 318 g/mol. The van der Waals surface area contributed by atoms with Crippen molar-refractivity contribution >= 4 is 39.0 Å². The lowest BCUT2D eigenvalue weighted by Gasteiger charge is -2.09. The summed E-state index contributed by atoms with van der Waals surface area (Å²) >= 11 is 11.5. The van der Waals surface area contributed by atoms with Crippen LogP contribution in [0.25, 0.3) is 0 Å². The molecule has 0 spiro atoms. The normalized spacial score (nSPS) is 11.3. The largest absolute Gasteiger partial charge is 0.504 e. The van der Waals surface area contributed by atoms with Crippen molar-refractivity contribution in [2.24, 2.45) is 0 Å². The quantitative estimate of drug-likeness (QED) is 0.912. The van der Waals surface area contributed by atoms with E-state index in [0.717, 1.165) is 0 Å². The lowest BCUT2D eigenvalue weighted by Crippen LogP contribution is -2.14. The first-order chi connectivity index (χ1) is 8.90. The first kappa shape index (κ1) is 13.9. The molecule has 1 heterocycles. The number of benzene rings is 1. The van der Waals surface area contributed by atoms with Crippen molar-refractivity contribution in [2.45, 2.75) is 4.90 Å². The molecule has 0 bridgehead atoms. The van der Waals surface area contributed by atoms with E-state index in [1.807, 2.05) is 0 Å². The third kappa shape index (κ3) is 3.09. The fourth-order valence-corrected chi connectivity index (χ4v) is 2.72. The van der Waals surface area contributed by atoms with Crippen molar-refractivity contribution < 1.29 is 13.5 Å². The molecule has 0 unspecified atom stereocenters. The lowest BCUT2D eigenvalue weighted by molar-refractivity contribution is 0.475. The third-order valence-electron chi connectivity index (χ3n) is 2.22. The van der Waals surface area contributed by atoms with Gasteiger partial charge in [0.2, 0.25) is 0 Å². The van der Waals surface area contributed by atoms with Gasteiger partial charge in [-0.15, -0.1) is 0 Å². The molecule has 0 aliphatic carbocycles. The van der Waals surface area contributed by atoms with Gasteiger partial charge in [-0.3, -0.25) is 4.72 Å². The first-order valence-electron chi connectivity index (χ1n) is 5.02. The van der Waals surface area contributed by atoms with Crippen LogP contribution in [-0.2, 0) is 10.0 Å². The van der Waals surface area contributed by atoms with E-state index in [9.17, 15) is 13.5 Å². The van der Waals surface area contributed by atoms with Crippen molar-refractivity contribution in [1.82, 2.24) is 4.98 Å². The van der Waals surface area contributed by atoms with Crippen molar-refractivity contribution in [3.05, 3.63) is 46.6 Å². The molecule has 0 saturated heterocycles. The van der Waals surface area contributed by atoms with E-state index in [1.54, 1.807) is 0 Å². The van der Waals surface area contributed by atoms with Gasteiger partial charge in [0, 0.05) is 6.20 Å².